The molecule has 2 aliphatic rings. The first-order valence-electron chi connectivity index (χ1n) is 10.8. The van der Waals surface area contributed by atoms with Crippen LogP contribution < -0.4 is 4.90 Å². The normalized spacial score (nSPS) is 21.8. The number of hydrogen-bond acceptors (Lipinski definition) is 6. The third-order valence-electron chi connectivity index (χ3n) is 6.20. The summed E-state index contributed by atoms with van der Waals surface area (Å²) in [6, 6.07) is 5.04. The lowest BCUT2D eigenvalue weighted by molar-refractivity contribution is 0.0597. The maximum absolute atomic E-state index is 13.5. The van der Waals surface area contributed by atoms with Crippen molar-refractivity contribution in [1.82, 2.24) is 14.8 Å². The summed E-state index contributed by atoms with van der Waals surface area (Å²) in [5, 5.41) is 23.7. The van der Waals surface area contributed by atoms with Gasteiger partial charge in [0.05, 0.1) is 36.4 Å². The molecule has 2 atom stereocenters. The van der Waals surface area contributed by atoms with Crippen LogP contribution in [-0.4, -0.2) is 81.1 Å². The number of piperidine rings is 1. The molecule has 33 heavy (non-hydrogen) atoms. The maximum atomic E-state index is 13.5. The SMILES string of the molecule is CS(C)(C)CCOCn1nc(Cc2ccc(N3CC4C(C3)C4(F)F)nc2CO)cc1C(=O)O. The number of aromatic nitrogens is 3. The average molecular weight is 485 g/mol. The number of pyridine rings is 1. The number of carboxylic acid groups (broad SMARTS) is 1. The number of fused-ring (bicyclic) bond motifs is 1. The zero-order valence-corrected chi connectivity index (χ0v) is 19.8. The van der Waals surface area contributed by atoms with Crippen LogP contribution >= 0.6 is 10.0 Å². The highest BCUT2D eigenvalue weighted by Crippen LogP contribution is 2.59. The van der Waals surface area contributed by atoms with Crippen molar-refractivity contribution in [2.24, 2.45) is 11.8 Å². The van der Waals surface area contributed by atoms with Crippen molar-refractivity contribution in [1.29, 1.82) is 0 Å². The van der Waals surface area contributed by atoms with Gasteiger partial charge < -0.3 is 19.8 Å². The van der Waals surface area contributed by atoms with Crippen molar-refractivity contribution in [2.75, 3.05) is 49.1 Å². The third kappa shape index (κ3) is 5.15. The number of aromatic carboxylic acids is 1. The van der Waals surface area contributed by atoms with Crippen molar-refractivity contribution in [2.45, 2.75) is 25.7 Å². The van der Waals surface area contributed by atoms with E-state index in [0.29, 0.717) is 29.4 Å². The monoisotopic (exact) mass is 484 g/mol. The topological polar surface area (TPSA) is 101 Å². The van der Waals surface area contributed by atoms with Crippen LogP contribution in [0.4, 0.5) is 14.6 Å². The van der Waals surface area contributed by atoms with Gasteiger partial charge in [0, 0.05) is 25.3 Å². The smallest absolute Gasteiger partial charge is 0.354 e. The Balaban J connectivity index is 1.44. The molecule has 1 aliphatic heterocycles. The van der Waals surface area contributed by atoms with E-state index in [-0.39, 0.29) is 38.5 Å². The lowest BCUT2D eigenvalue weighted by atomic mass is 10.1. The van der Waals surface area contributed by atoms with Crippen molar-refractivity contribution in [3.63, 3.8) is 0 Å². The van der Waals surface area contributed by atoms with E-state index in [0.717, 1.165) is 5.75 Å². The minimum Gasteiger partial charge on any atom is -0.477 e. The maximum Gasteiger partial charge on any atom is 0.354 e. The van der Waals surface area contributed by atoms with E-state index >= 15 is 0 Å². The molecule has 2 aromatic heterocycles. The summed E-state index contributed by atoms with van der Waals surface area (Å²) in [5.41, 5.74) is 1.68. The van der Waals surface area contributed by atoms with Gasteiger partial charge >= 0.3 is 5.97 Å². The van der Waals surface area contributed by atoms with Crippen LogP contribution in [0.3, 0.4) is 0 Å². The number of aliphatic hydroxyl groups excluding tert-OH is 1. The number of carbonyl (C=O) groups is 1. The number of alkyl halides is 2. The second-order valence-electron chi connectivity index (χ2n) is 9.56. The summed E-state index contributed by atoms with van der Waals surface area (Å²) in [5.74, 6) is -3.40. The van der Waals surface area contributed by atoms with Crippen molar-refractivity contribution >= 4 is 21.8 Å². The van der Waals surface area contributed by atoms with Crippen LogP contribution in [-0.2, 0) is 24.5 Å². The fraction of sp³-hybridized carbons (Fsp3) is 0.591. The van der Waals surface area contributed by atoms with Gasteiger partial charge in [0.1, 0.15) is 18.2 Å². The summed E-state index contributed by atoms with van der Waals surface area (Å²) in [6.07, 6.45) is 6.84. The molecule has 11 heteroatoms. The Kier molecular flexibility index (Phi) is 6.41. The molecule has 4 rings (SSSR count). The molecule has 2 aromatic rings. The predicted octanol–water partition coefficient (Wildman–Crippen LogP) is 2.43. The first-order valence-corrected chi connectivity index (χ1v) is 13.8. The van der Waals surface area contributed by atoms with Crippen LogP contribution in [0.15, 0.2) is 18.2 Å². The van der Waals surface area contributed by atoms with Gasteiger partial charge in [-0.05, 0) is 36.5 Å². The fourth-order valence-corrected chi connectivity index (χ4v) is 4.79. The molecular formula is C22H30F2N4O4S. The molecule has 2 N–H and O–H groups in total. The van der Waals surface area contributed by atoms with Gasteiger partial charge in [0.2, 0.25) is 0 Å². The summed E-state index contributed by atoms with van der Waals surface area (Å²) >= 11 is 0. The molecule has 0 amide bonds. The number of nitrogens with zero attached hydrogens (tertiary/aromatic N) is 4. The van der Waals surface area contributed by atoms with Gasteiger partial charge in [0.25, 0.3) is 5.92 Å². The Hall–Kier alpha value is -2.24. The molecule has 2 unspecified atom stereocenters. The number of ether oxygens (including phenoxy) is 1. The molecular weight excluding hydrogens is 454 g/mol. The van der Waals surface area contributed by atoms with Gasteiger partial charge in [-0.25, -0.2) is 33.3 Å². The Morgan fingerprint density at radius 1 is 1.27 bits per heavy atom. The largest absolute Gasteiger partial charge is 0.477 e. The molecule has 1 aliphatic carbocycles. The number of aliphatic hydroxyl groups is 1. The van der Waals surface area contributed by atoms with Gasteiger partial charge in [0.15, 0.2) is 0 Å². The summed E-state index contributed by atoms with van der Waals surface area (Å²) in [7, 11) is -0.707. The van der Waals surface area contributed by atoms with Crippen molar-refractivity contribution in [3.05, 3.63) is 40.8 Å². The Bertz CT molecular complexity index is 1030. The highest BCUT2D eigenvalue weighted by atomic mass is 32.3. The average Bonchev–Trinajstić information content (AvgIpc) is 3.15. The second-order valence-corrected chi connectivity index (χ2v) is 14.2. The van der Waals surface area contributed by atoms with Crippen LogP contribution in [0.2, 0.25) is 0 Å². The highest BCUT2D eigenvalue weighted by Gasteiger charge is 2.71. The molecule has 0 bridgehead atoms. The highest BCUT2D eigenvalue weighted by molar-refractivity contribution is 8.32. The molecule has 2 fully saturated rings. The fourth-order valence-electron chi connectivity index (χ4n) is 4.17. The minimum atomic E-state index is -2.56. The lowest BCUT2D eigenvalue weighted by Gasteiger charge is -2.24. The lowest BCUT2D eigenvalue weighted by Crippen LogP contribution is -2.28. The quantitative estimate of drug-likeness (QED) is 0.500. The number of carboxylic acids is 1. The summed E-state index contributed by atoms with van der Waals surface area (Å²) in [4.78, 5) is 17.9. The van der Waals surface area contributed by atoms with E-state index in [1.54, 1.807) is 12.1 Å². The van der Waals surface area contributed by atoms with Gasteiger partial charge in [-0.1, -0.05) is 6.07 Å². The second kappa shape index (κ2) is 8.84. The van der Waals surface area contributed by atoms with E-state index < -0.39 is 33.8 Å². The van der Waals surface area contributed by atoms with E-state index in [4.69, 9.17) is 4.74 Å². The van der Waals surface area contributed by atoms with E-state index in [1.165, 1.54) is 10.7 Å². The first kappa shape index (κ1) is 23.9. The van der Waals surface area contributed by atoms with Crippen LogP contribution in [0.5, 0.6) is 0 Å². The number of hydrogen-bond donors (Lipinski definition) is 2. The number of anilines is 1. The first-order chi connectivity index (χ1) is 15.5. The van der Waals surface area contributed by atoms with Gasteiger partial charge in [-0.3, -0.25) is 0 Å². The van der Waals surface area contributed by atoms with Crippen LogP contribution in [0, 0.1) is 11.8 Å². The molecule has 8 nitrogen and oxygen atoms in total. The van der Waals surface area contributed by atoms with Crippen LogP contribution in [0.1, 0.15) is 27.4 Å². The molecule has 0 spiro atoms. The molecule has 0 radical (unpaired) electrons. The van der Waals surface area contributed by atoms with E-state index in [9.17, 15) is 23.8 Å². The number of halogens is 2. The molecule has 182 valence electrons. The molecule has 3 heterocycles. The van der Waals surface area contributed by atoms with Crippen LogP contribution in [0.25, 0.3) is 0 Å². The zero-order valence-electron chi connectivity index (χ0n) is 19.0. The minimum absolute atomic E-state index is 0.0282. The van der Waals surface area contributed by atoms with Gasteiger partial charge in [-0.15, -0.1) is 0 Å². The molecule has 1 saturated heterocycles. The Labute approximate surface area is 192 Å². The summed E-state index contributed by atoms with van der Waals surface area (Å²) < 4.78 is 33.9. The number of rotatable bonds is 10. The molecule has 1 saturated carbocycles. The Morgan fingerprint density at radius 2 is 1.97 bits per heavy atom. The Morgan fingerprint density at radius 3 is 2.58 bits per heavy atom. The standard InChI is InChI=1S/C22H30F2N4O4S/c1-33(2,3)7-6-32-13-28-19(21(30)31)9-15(26-28)8-14-4-5-20(25-18(14)12-29)27-10-16-17(11-27)22(16,23)24/h4-5,9,16-17,29H,6-8,10-13H2,1-3H3,(H,30,31). The van der Waals surface area contributed by atoms with E-state index in [1.807, 2.05) is 4.90 Å². The predicted molar refractivity (Wildman–Crippen MR) is 122 cm³/mol. The third-order valence-corrected chi connectivity index (χ3v) is 7.59. The summed E-state index contributed by atoms with van der Waals surface area (Å²) in [6.45, 7) is 0.779. The van der Waals surface area contributed by atoms with Crippen molar-refractivity contribution in [3.8, 4) is 0 Å². The van der Waals surface area contributed by atoms with Crippen molar-refractivity contribution < 1.29 is 28.5 Å². The van der Waals surface area contributed by atoms with E-state index in [2.05, 4.69) is 28.8 Å². The van der Waals surface area contributed by atoms with Gasteiger partial charge in [-0.2, -0.15) is 5.10 Å². The zero-order chi connectivity index (χ0) is 24.0. The molecule has 0 aromatic carbocycles.